The smallest absolute Gasteiger partial charge is 0.481 e. The van der Waals surface area contributed by atoms with Crippen LogP contribution < -0.4 is 4.74 Å². The number of rotatable bonds is 8. The summed E-state index contributed by atoms with van der Waals surface area (Å²) in [6.07, 6.45) is -4.06. The van der Waals surface area contributed by atoms with Crippen molar-refractivity contribution in [1.82, 2.24) is 4.31 Å². The Hall–Kier alpha value is -2.59. The van der Waals surface area contributed by atoms with E-state index < -0.39 is 28.1 Å². The number of ether oxygens (including phenoxy) is 1. The molecule has 2 rings (SSSR count). The third kappa shape index (κ3) is 7.20. The molecule has 28 heavy (non-hydrogen) atoms. The predicted molar refractivity (Wildman–Crippen MR) is 95.0 cm³/mol. The number of carboxylic acids is 1. The number of carbonyl (C=O) groups is 1. The van der Waals surface area contributed by atoms with Gasteiger partial charge in [0, 0.05) is 13.1 Å². The molecule has 0 aliphatic rings. The molecule has 2 aromatic carbocycles. The molecule has 0 saturated carbocycles. The summed E-state index contributed by atoms with van der Waals surface area (Å²) in [5.74, 6) is -1.46. The van der Waals surface area contributed by atoms with Gasteiger partial charge >= 0.3 is 12.3 Å². The highest BCUT2D eigenvalue weighted by molar-refractivity contribution is 7.88. The molecular formula is C18H18F3NO5S. The van der Waals surface area contributed by atoms with Gasteiger partial charge in [0.25, 0.3) is 0 Å². The van der Waals surface area contributed by atoms with Gasteiger partial charge in [-0.15, -0.1) is 13.2 Å². The van der Waals surface area contributed by atoms with Crippen LogP contribution in [-0.4, -0.2) is 36.4 Å². The summed E-state index contributed by atoms with van der Waals surface area (Å²) < 4.78 is 66.3. The van der Waals surface area contributed by atoms with Gasteiger partial charge in [-0.05, 0) is 28.8 Å². The molecule has 6 nitrogen and oxygen atoms in total. The normalized spacial score (nSPS) is 12.2. The first-order chi connectivity index (χ1) is 12.9. The first-order valence-electron chi connectivity index (χ1n) is 8.02. The van der Waals surface area contributed by atoms with Gasteiger partial charge in [0.1, 0.15) is 5.75 Å². The number of halogens is 3. The van der Waals surface area contributed by atoms with Crippen molar-refractivity contribution in [3.05, 3.63) is 65.2 Å². The Labute approximate surface area is 160 Å². The minimum atomic E-state index is -4.85. The molecule has 0 aromatic heterocycles. The third-order valence-corrected chi connectivity index (χ3v) is 4.86. The Kier molecular flexibility index (Phi) is 6.68. The van der Waals surface area contributed by atoms with Crippen LogP contribution in [0.2, 0.25) is 0 Å². The van der Waals surface area contributed by atoms with E-state index in [1.54, 1.807) is 24.3 Å². The number of nitrogens with zero attached hydrogens (tertiary/aromatic N) is 1. The van der Waals surface area contributed by atoms with Crippen molar-refractivity contribution in [3.63, 3.8) is 0 Å². The Bertz CT molecular complexity index is 944. The van der Waals surface area contributed by atoms with Crippen LogP contribution in [-0.2, 0) is 34.3 Å². The van der Waals surface area contributed by atoms with E-state index in [0.29, 0.717) is 16.7 Å². The number of sulfonamides is 1. The lowest BCUT2D eigenvalue weighted by atomic mass is 10.1. The number of hydrogen-bond acceptors (Lipinski definition) is 4. The Morgan fingerprint density at radius 2 is 1.57 bits per heavy atom. The number of alkyl halides is 3. The maximum atomic E-state index is 12.4. The topological polar surface area (TPSA) is 83.9 Å². The van der Waals surface area contributed by atoms with E-state index >= 15 is 0 Å². The first-order valence-corrected chi connectivity index (χ1v) is 9.86. The van der Waals surface area contributed by atoms with Crippen LogP contribution in [0.5, 0.6) is 5.75 Å². The number of hydrogen-bond donors (Lipinski definition) is 1. The van der Waals surface area contributed by atoms with Crippen LogP contribution >= 0.6 is 0 Å². The van der Waals surface area contributed by atoms with Gasteiger partial charge in [-0.1, -0.05) is 36.4 Å². The largest absolute Gasteiger partial charge is 0.573 e. The molecule has 152 valence electrons. The van der Waals surface area contributed by atoms with Crippen LogP contribution in [0, 0.1) is 0 Å². The lowest BCUT2D eigenvalue weighted by Crippen LogP contribution is -2.29. The second-order valence-electron chi connectivity index (χ2n) is 6.12. The SMILES string of the molecule is CS(=O)(=O)N(Cc1cccc(CC(=O)O)c1)Cc1cccc(OC(F)(F)F)c1. The average Bonchev–Trinajstić information content (AvgIpc) is 2.52. The molecule has 1 N–H and O–H groups in total. The highest BCUT2D eigenvalue weighted by atomic mass is 32.2. The van der Waals surface area contributed by atoms with Crippen LogP contribution in [0.4, 0.5) is 13.2 Å². The van der Waals surface area contributed by atoms with Gasteiger partial charge in [0.15, 0.2) is 0 Å². The monoisotopic (exact) mass is 417 g/mol. The van der Waals surface area contributed by atoms with E-state index in [1.165, 1.54) is 12.1 Å². The van der Waals surface area contributed by atoms with E-state index in [4.69, 9.17) is 5.11 Å². The van der Waals surface area contributed by atoms with Crippen molar-refractivity contribution in [2.75, 3.05) is 6.26 Å². The van der Waals surface area contributed by atoms with Crippen molar-refractivity contribution >= 4 is 16.0 Å². The molecule has 0 bridgehead atoms. The zero-order valence-corrected chi connectivity index (χ0v) is 15.6. The van der Waals surface area contributed by atoms with Gasteiger partial charge in [-0.2, -0.15) is 4.31 Å². The van der Waals surface area contributed by atoms with Gasteiger partial charge in [0.2, 0.25) is 10.0 Å². The molecule has 0 heterocycles. The maximum Gasteiger partial charge on any atom is 0.573 e. The number of carboxylic acid groups (broad SMARTS) is 1. The molecule has 0 atom stereocenters. The fraction of sp³-hybridized carbons (Fsp3) is 0.278. The van der Waals surface area contributed by atoms with Crippen molar-refractivity contribution in [2.24, 2.45) is 0 Å². The maximum absolute atomic E-state index is 12.4. The summed E-state index contributed by atoms with van der Waals surface area (Å²) in [6, 6.07) is 11.5. The van der Waals surface area contributed by atoms with E-state index in [-0.39, 0.29) is 19.5 Å². The minimum absolute atomic E-state index is 0.0589. The lowest BCUT2D eigenvalue weighted by Gasteiger charge is -2.21. The molecule has 0 radical (unpaired) electrons. The van der Waals surface area contributed by atoms with Crippen molar-refractivity contribution in [1.29, 1.82) is 0 Å². The molecule has 0 unspecified atom stereocenters. The molecule has 0 spiro atoms. The Morgan fingerprint density at radius 1 is 1.04 bits per heavy atom. The quantitative estimate of drug-likeness (QED) is 0.713. The second-order valence-corrected chi connectivity index (χ2v) is 8.10. The summed E-state index contributed by atoms with van der Waals surface area (Å²) >= 11 is 0. The Balaban J connectivity index is 2.22. The molecule has 0 fully saturated rings. The molecule has 0 aliphatic carbocycles. The minimum Gasteiger partial charge on any atom is -0.481 e. The average molecular weight is 417 g/mol. The van der Waals surface area contributed by atoms with Gasteiger partial charge in [-0.25, -0.2) is 8.42 Å². The van der Waals surface area contributed by atoms with Crippen molar-refractivity contribution in [3.8, 4) is 5.75 Å². The second kappa shape index (κ2) is 8.61. The standard InChI is InChI=1S/C18H18F3NO5S/c1-28(25,26)22(11-14-5-2-4-13(8-14)10-17(23)24)12-15-6-3-7-16(9-15)27-18(19,20)21/h2-9H,10-12H2,1H3,(H,23,24). The van der Waals surface area contributed by atoms with E-state index in [9.17, 15) is 26.4 Å². The highest BCUT2D eigenvalue weighted by Gasteiger charge is 2.31. The highest BCUT2D eigenvalue weighted by Crippen LogP contribution is 2.24. The molecule has 0 saturated heterocycles. The zero-order chi connectivity index (χ0) is 20.9. The summed E-state index contributed by atoms with van der Waals surface area (Å²) in [6.45, 7) is -0.228. The molecule has 2 aromatic rings. The van der Waals surface area contributed by atoms with E-state index in [0.717, 1.165) is 22.7 Å². The first kappa shape index (κ1) is 21.7. The molecule has 0 amide bonds. The molecule has 0 aliphatic heterocycles. The molecule has 10 heteroatoms. The number of aliphatic carboxylic acids is 1. The fourth-order valence-electron chi connectivity index (χ4n) is 2.55. The van der Waals surface area contributed by atoms with E-state index in [2.05, 4.69) is 4.74 Å². The van der Waals surface area contributed by atoms with Gasteiger partial charge < -0.3 is 9.84 Å². The van der Waals surface area contributed by atoms with Crippen LogP contribution in [0.25, 0.3) is 0 Å². The van der Waals surface area contributed by atoms with Crippen LogP contribution in [0.3, 0.4) is 0 Å². The number of benzene rings is 2. The molecular weight excluding hydrogens is 399 g/mol. The Morgan fingerprint density at radius 3 is 2.11 bits per heavy atom. The van der Waals surface area contributed by atoms with Gasteiger partial charge in [-0.3, -0.25) is 4.79 Å². The van der Waals surface area contributed by atoms with Crippen molar-refractivity contribution < 1.29 is 36.2 Å². The zero-order valence-electron chi connectivity index (χ0n) is 14.8. The van der Waals surface area contributed by atoms with Gasteiger partial charge in [0.05, 0.1) is 12.7 Å². The van der Waals surface area contributed by atoms with Crippen LogP contribution in [0.1, 0.15) is 16.7 Å². The fourth-order valence-corrected chi connectivity index (χ4v) is 3.32. The summed E-state index contributed by atoms with van der Waals surface area (Å²) in [4.78, 5) is 10.8. The van der Waals surface area contributed by atoms with Crippen LogP contribution in [0.15, 0.2) is 48.5 Å². The summed E-state index contributed by atoms with van der Waals surface area (Å²) in [5.41, 5.74) is 1.39. The third-order valence-electron chi connectivity index (χ3n) is 3.67. The van der Waals surface area contributed by atoms with Crippen molar-refractivity contribution in [2.45, 2.75) is 25.9 Å². The summed E-state index contributed by atoms with van der Waals surface area (Å²) in [5, 5.41) is 8.87. The predicted octanol–water partition coefficient (Wildman–Crippen LogP) is 3.17. The lowest BCUT2D eigenvalue weighted by molar-refractivity contribution is -0.274. The van der Waals surface area contributed by atoms with E-state index in [1.807, 2.05) is 0 Å². The summed E-state index contributed by atoms with van der Waals surface area (Å²) in [7, 11) is -3.69.